The lowest BCUT2D eigenvalue weighted by atomic mass is 10.1. The van der Waals surface area contributed by atoms with E-state index in [0.717, 1.165) is 11.4 Å². The topological polar surface area (TPSA) is 77.1 Å². The highest BCUT2D eigenvalue weighted by Gasteiger charge is 2.09. The first-order chi connectivity index (χ1) is 9.49. The van der Waals surface area contributed by atoms with Crippen molar-refractivity contribution in [1.29, 1.82) is 0 Å². The molecule has 2 amide bonds. The van der Waals surface area contributed by atoms with Crippen LogP contribution in [0.5, 0.6) is 0 Å². The van der Waals surface area contributed by atoms with Gasteiger partial charge in [-0.1, -0.05) is 6.07 Å². The molecular formula is C15H17N3O2. The fraction of sp³-hybridized carbons (Fsp3) is 0.200. The smallest absolute Gasteiger partial charge is 0.251 e. The number of hydrogen-bond donors (Lipinski definition) is 2. The fourth-order valence-corrected chi connectivity index (χ4v) is 1.93. The molecule has 1 aromatic heterocycles. The molecule has 0 aliphatic carbocycles. The van der Waals surface area contributed by atoms with Crippen molar-refractivity contribution in [2.45, 2.75) is 13.5 Å². The molecule has 2 rings (SSSR count). The van der Waals surface area contributed by atoms with Crippen LogP contribution in [0.3, 0.4) is 0 Å². The van der Waals surface area contributed by atoms with Gasteiger partial charge in [0.2, 0.25) is 5.91 Å². The van der Waals surface area contributed by atoms with E-state index >= 15 is 0 Å². The van der Waals surface area contributed by atoms with Gasteiger partial charge in [-0.3, -0.25) is 9.59 Å². The van der Waals surface area contributed by atoms with Crippen LogP contribution in [0, 0.1) is 6.92 Å². The van der Waals surface area contributed by atoms with Gasteiger partial charge in [0.1, 0.15) is 0 Å². The van der Waals surface area contributed by atoms with Gasteiger partial charge in [-0.25, -0.2) is 0 Å². The lowest BCUT2D eigenvalue weighted by molar-refractivity contribution is 0.0950. The lowest BCUT2D eigenvalue weighted by Gasteiger charge is -2.08. The summed E-state index contributed by atoms with van der Waals surface area (Å²) in [4.78, 5) is 23.1. The summed E-state index contributed by atoms with van der Waals surface area (Å²) in [5.41, 5.74) is 8.09. The SMILES string of the molecule is Cc1ccc(CNC(=O)c2cccc(C(N)=O)c2)n1C. The van der Waals surface area contributed by atoms with E-state index in [2.05, 4.69) is 5.32 Å². The molecule has 0 bridgehead atoms. The van der Waals surface area contributed by atoms with Crippen molar-refractivity contribution in [3.8, 4) is 0 Å². The third kappa shape index (κ3) is 2.88. The molecule has 0 saturated heterocycles. The molecule has 1 heterocycles. The Morgan fingerprint density at radius 1 is 1.20 bits per heavy atom. The first-order valence-corrected chi connectivity index (χ1v) is 6.28. The minimum atomic E-state index is -0.544. The largest absolute Gasteiger partial charge is 0.366 e. The Morgan fingerprint density at radius 3 is 2.50 bits per heavy atom. The minimum Gasteiger partial charge on any atom is -0.366 e. The average molecular weight is 271 g/mol. The van der Waals surface area contributed by atoms with Crippen molar-refractivity contribution in [2.75, 3.05) is 0 Å². The number of nitrogens with zero attached hydrogens (tertiary/aromatic N) is 1. The number of hydrogen-bond acceptors (Lipinski definition) is 2. The van der Waals surface area contributed by atoms with Gasteiger partial charge in [-0.15, -0.1) is 0 Å². The normalized spacial score (nSPS) is 10.3. The Balaban J connectivity index is 2.07. The molecule has 104 valence electrons. The Morgan fingerprint density at radius 2 is 1.90 bits per heavy atom. The summed E-state index contributed by atoms with van der Waals surface area (Å²) in [7, 11) is 1.95. The molecular weight excluding hydrogens is 254 g/mol. The molecule has 0 aliphatic rings. The second-order valence-electron chi connectivity index (χ2n) is 4.65. The summed E-state index contributed by atoms with van der Waals surface area (Å²) in [6, 6.07) is 10.3. The van der Waals surface area contributed by atoms with Gasteiger partial charge in [0.15, 0.2) is 0 Å². The molecule has 0 aliphatic heterocycles. The second-order valence-corrected chi connectivity index (χ2v) is 4.65. The predicted molar refractivity (Wildman–Crippen MR) is 76.3 cm³/mol. The highest BCUT2D eigenvalue weighted by atomic mass is 16.2. The number of carbonyl (C=O) groups excluding carboxylic acids is 2. The highest BCUT2D eigenvalue weighted by molar-refractivity contribution is 5.99. The van der Waals surface area contributed by atoms with E-state index in [9.17, 15) is 9.59 Å². The van der Waals surface area contributed by atoms with Crippen LogP contribution >= 0.6 is 0 Å². The summed E-state index contributed by atoms with van der Waals surface area (Å²) in [6.45, 7) is 2.44. The van der Waals surface area contributed by atoms with E-state index in [1.807, 2.05) is 30.7 Å². The van der Waals surface area contributed by atoms with E-state index < -0.39 is 5.91 Å². The van der Waals surface area contributed by atoms with Crippen molar-refractivity contribution >= 4 is 11.8 Å². The molecule has 0 saturated carbocycles. The van der Waals surface area contributed by atoms with Crippen LogP contribution in [0.25, 0.3) is 0 Å². The van der Waals surface area contributed by atoms with Crippen molar-refractivity contribution in [2.24, 2.45) is 12.8 Å². The third-order valence-corrected chi connectivity index (χ3v) is 3.32. The predicted octanol–water partition coefficient (Wildman–Crippen LogP) is 1.36. The van der Waals surface area contributed by atoms with Crippen LogP contribution < -0.4 is 11.1 Å². The molecule has 5 nitrogen and oxygen atoms in total. The standard InChI is InChI=1S/C15H17N3O2/c1-10-6-7-13(18(10)2)9-17-15(20)12-5-3-4-11(8-12)14(16)19/h3-8H,9H2,1-2H3,(H2,16,19)(H,17,20). The zero-order chi connectivity index (χ0) is 14.7. The Hall–Kier alpha value is -2.56. The van der Waals surface area contributed by atoms with Gasteiger partial charge in [0, 0.05) is 29.6 Å². The van der Waals surface area contributed by atoms with Gasteiger partial charge < -0.3 is 15.6 Å². The number of nitrogens with one attached hydrogen (secondary N) is 1. The van der Waals surface area contributed by atoms with E-state index in [4.69, 9.17) is 5.73 Å². The Kier molecular flexibility index (Phi) is 3.89. The van der Waals surface area contributed by atoms with Crippen LogP contribution in [0.1, 0.15) is 32.1 Å². The van der Waals surface area contributed by atoms with Crippen molar-refractivity contribution in [3.05, 3.63) is 58.9 Å². The number of primary amides is 1. The summed E-state index contributed by atoms with van der Waals surface area (Å²) in [5, 5.41) is 2.82. The van der Waals surface area contributed by atoms with Gasteiger partial charge in [-0.2, -0.15) is 0 Å². The van der Waals surface area contributed by atoms with Gasteiger partial charge >= 0.3 is 0 Å². The van der Waals surface area contributed by atoms with Crippen molar-refractivity contribution < 1.29 is 9.59 Å². The molecule has 3 N–H and O–H groups in total. The van der Waals surface area contributed by atoms with Crippen LogP contribution in [-0.2, 0) is 13.6 Å². The maximum absolute atomic E-state index is 12.0. The van der Waals surface area contributed by atoms with Crippen LogP contribution in [0.4, 0.5) is 0 Å². The zero-order valence-electron chi connectivity index (χ0n) is 11.5. The molecule has 0 radical (unpaired) electrons. The van der Waals surface area contributed by atoms with Crippen molar-refractivity contribution in [1.82, 2.24) is 9.88 Å². The van der Waals surface area contributed by atoms with Crippen LogP contribution in [0.15, 0.2) is 36.4 Å². The molecule has 0 atom stereocenters. The third-order valence-electron chi connectivity index (χ3n) is 3.32. The number of benzene rings is 1. The molecule has 0 fully saturated rings. The monoisotopic (exact) mass is 271 g/mol. The van der Waals surface area contributed by atoms with Gasteiger partial charge in [-0.05, 0) is 37.3 Å². The lowest BCUT2D eigenvalue weighted by Crippen LogP contribution is -2.24. The number of amides is 2. The molecule has 2 aromatic rings. The number of nitrogens with two attached hydrogens (primary N) is 1. The molecule has 0 spiro atoms. The fourth-order valence-electron chi connectivity index (χ4n) is 1.93. The van der Waals surface area contributed by atoms with Crippen LogP contribution in [-0.4, -0.2) is 16.4 Å². The zero-order valence-corrected chi connectivity index (χ0v) is 11.5. The second kappa shape index (κ2) is 5.61. The minimum absolute atomic E-state index is 0.230. The summed E-state index contributed by atoms with van der Waals surface area (Å²) in [6.07, 6.45) is 0. The molecule has 1 aromatic carbocycles. The van der Waals surface area contributed by atoms with E-state index in [0.29, 0.717) is 17.7 Å². The summed E-state index contributed by atoms with van der Waals surface area (Å²) < 4.78 is 2.01. The maximum Gasteiger partial charge on any atom is 0.251 e. The average Bonchev–Trinajstić information content (AvgIpc) is 2.76. The highest BCUT2D eigenvalue weighted by Crippen LogP contribution is 2.07. The molecule has 0 unspecified atom stereocenters. The van der Waals surface area contributed by atoms with E-state index in [1.165, 1.54) is 6.07 Å². The Labute approximate surface area is 117 Å². The number of aryl methyl sites for hydroxylation is 1. The van der Waals surface area contributed by atoms with E-state index in [1.54, 1.807) is 18.2 Å². The van der Waals surface area contributed by atoms with Crippen molar-refractivity contribution in [3.63, 3.8) is 0 Å². The first kappa shape index (κ1) is 13.9. The van der Waals surface area contributed by atoms with Crippen LogP contribution in [0.2, 0.25) is 0 Å². The first-order valence-electron chi connectivity index (χ1n) is 6.28. The van der Waals surface area contributed by atoms with Gasteiger partial charge in [0.05, 0.1) is 6.54 Å². The molecule has 5 heteroatoms. The van der Waals surface area contributed by atoms with E-state index in [-0.39, 0.29) is 5.91 Å². The molecule has 20 heavy (non-hydrogen) atoms. The quantitative estimate of drug-likeness (QED) is 0.881. The maximum atomic E-state index is 12.0. The number of rotatable bonds is 4. The Bertz CT molecular complexity index is 659. The summed E-state index contributed by atoms with van der Waals surface area (Å²) >= 11 is 0. The van der Waals surface area contributed by atoms with Gasteiger partial charge in [0.25, 0.3) is 5.91 Å². The number of carbonyl (C=O) groups is 2. The number of aromatic nitrogens is 1. The summed E-state index contributed by atoms with van der Waals surface area (Å²) in [5.74, 6) is -0.773.